The molecular formula is C17H17Br2N3O4. The van der Waals surface area contributed by atoms with E-state index in [0.29, 0.717) is 46.3 Å². The molecule has 0 spiro atoms. The highest BCUT2D eigenvalue weighted by molar-refractivity contribution is 9.11. The number of hydrogen-bond acceptors (Lipinski definition) is 4. The van der Waals surface area contributed by atoms with Crippen LogP contribution in [-0.4, -0.2) is 34.1 Å². The number of aromatic amines is 1. The maximum atomic E-state index is 12.8. The van der Waals surface area contributed by atoms with Crippen molar-refractivity contribution in [3.63, 3.8) is 0 Å². The van der Waals surface area contributed by atoms with E-state index < -0.39 is 5.78 Å². The Labute approximate surface area is 166 Å². The van der Waals surface area contributed by atoms with Gasteiger partial charge in [0.15, 0.2) is 0 Å². The third-order valence-corrected chi connectivity index (χ3v) is 5.62. The van der Waals surface area contributed by atoms with Gasteiger partial charge in [0.05, 0.1) is 15.0 Å². The van der Waals surface area contributed by atoms with Gasteiger partial charge in [0.2, 0.25) is 11.7 Å². The van der Waals surface area contributed by atoms with E-state index in [1.807, 2.05) is 6.92 Å². The average molecular weight is 487 g/mol. The number of aryl methyl sites for hydroxylation is 1. The van der Waals surface area contributed by atoms with Crippen molar-refractivity contribution in [2.45, 2.75) is 32.4 Å². The van der Waals surface area contributed by atoms with Gasteiger partial charge in [-0.1, -0.05) is 0 Å². The third kappa shape index (κ3) is 3.64. The summed E-state index contributed by atoms with van der Waals surface area (Å²) in [6, 6.07) is 3.27. The summed E-state index contributed by atoms with van der Waals surface area (Å²) in [6.07, 6.45) is 2.62. The molecular weight excluding hydrogens is 470 g/mol. The standard InChI is InChI=1S/C17H17Br2N3O4/c1-2-22-17(25)11(7-20-22)15(24)10-4-5-12(18)16(14(10)19)26-8-9-3-6-13(23)21-9/h4-5,7,9,20H,2-3,6,8H2,1H3,(H,21,23)/t9-/m0/s1. The van der Waals surface area contributed by atoms with Crippen molar-refractivity contribution in [2.24, 2.45) is 0 Å². The molecule has 1 aliphatic rings. The fourth-order valence-corrected chi connectivity index (χ4v) is 4.13. The van der Waals surface area contributed by atoms with Crippen LogP contribution >= 0.6 is 31.9 Å². The smallest absolute Gasteiger partial charge is 0.277 e. The molecule has 9 heteroatoms. The van der Waals surface area contributed by atoms with Crippen molar-refractivity contribution in [3.05, 3.63) is 48.8 Å². The van der Waals surface area contributed by atoms with Gasteiger partial charge >= 0.3 is 0 Å². The summed E-state index contributed by atoms with van der Waals surface area (Å²) in [7, 11) is 0. The molecule has 1 aromatic carbocycles. The van der Waals surface area contributed by atoms with Crippen LogP contribution in [0.3, 0.4) is 0 Å². The van der Waals surface area contributed by atoms with E-state index in [1.165, 1.54) is 10.9 Å². The Balaban J connectivity index is 1.86. The summed E-state index contributed by atoms with van der Waals surface area (Å²) < 4.78 is 8.33. The van der Waals surface area contributed by atoms with E-state index >= 15 is 0 Å². The summed E-state index contributed by atoms with van der Waals surface area (Å²) in [5.74, 6) is 0.0838. The zero-order valence-corrected chi connectivity index (χ0v) is 17.1. The summed E-state index contributed by atoms with van der Waals surface area (Å²) in [4.78, 5) is 36.3. The van der Waals surface area contributed by atoms with Gasteiger partial charge in [-0.25, -0.2) is 0 Å². The molecule has 138 valence electrons. The molecule has 0 radical (unpaired) electrons. The Bertz CT molecular complexity index is 919. The van der Waals surface area contributed by atoms with Crippen LogP contribution in [0.15, 0.2) is 32.1 Å². The van der Waals surface area contributed by atoms with Gasteiger partial charge in [0, 0.05) is 24.7 Å². The normalized spacial score (nSPS) is 16.6. The van der Waals surface area contributed by atoms with Crippen molar-refractivity contribution in [1.82, 2.24) is 15.1 Å². The zero-order chi connectivity index (χ0) is 18.8. The maximum Gasteiger partial charge on any atom is 0.277 e. The highest BCUT2D eigenvalue weighted by atomic mass is 79.9. The number of ketones is 1. The van der Waals surface area contributed by atoms with E-state index in [0.717, 1.165) is 0 Å². The van der Waals surface area contributed by atoms with Crippen molar-refractivity contribution >= 4 is 43.6 Å². The molecule has 0 aliphatic carbocycles. The number of rotatable bonds is 6. The van der Waals surface area contributed by atoms with Crippen LogP contribution in [0.4, 0.5) is 0 Å². The third-order valence-electron chi connectivity index (χ3n) is 4.21. The molecule has 2 aromatic rings. The summed E-state index contributed by atoms with van der Waals surface area (Å²) in [5.41, 5.74) is 0.0466. The topological polar surface area (TPSA) is 93.2 Å². The zero-order valence-electron chi connectivity index (χ0n) is 14.0. The lowest BCUT2D eigenvalue weighted by molar-refractivity contribution is -0.119. The molecule has 26 heavy (non-hydrogen) atoms. The van der Waals surface area contributed by atoms with Gasteiger partial charge in [0.1, 0.15) is 17.9 Å². The van der Waals surface area contributed by atoms with Crippen LogP contribution in [0.5, 0.6) is 5.75 Å². The van der Waals surface area contributed by atoms with Crippen molar-refractivity contribution in [2.75, 3.05) is 6.61 Å². The molecule has 1 amide bonds. The number of carbonyl (C=O) groups excluding carboxylic acids is 2. The average Bonchev–Trinajstić information content (AvgIpc) is 3.19. The molecule has 1 fully saturated rings. The van der Waals surface area contributed by atoms with Gasteiger partial charge < -0.3 is 15.2 Å². The Morgan fingerprint density at radius 3 is 2.69 bits per heavy atom. The number of amides is 1. The minimum absolute atomic E-state index is 0.0142. The van der Waals surface area contributed by atoms with Gasteiger partial charge in [-0.3, -0.25) is 19.1 Å². The highest BCUT2D eigenvalue weighted by Crippen LogP contribution is 2.37. The number of aromatic nitrogens is 2. The van der Waals surface area contributed by atoms with E-state index in [-0.39, 0.29) is 23.1 Å². The molecule has 7 nitrogen and oxygen atoms in total. The first kappa shape index (κ1) is 18.9. The van der Waals surface area contributed by atoms with Crippen molar-refractivity contribution in [3.8, 4) is 5.75 Å². The molecule has 1 atom stereocenters. The Kier molecular flexibility index (Phi) is 5.67. The second-order valence-corrected chi connectivity index (χ2v) is 7.57. The maximum absolute atomic E-state index is 12.8. The first-order valence-corrected chi connectivity index (χ1v) is 9.74. The second-order valence-electron chi connectivity index (χ2n) is 5.92. The number of benzene rings is 1. The SMILES string of the molecule is CCn1[nH]cc(C(=O)c2ccc(Br)c(OC[C@@H]3CCC(=O)N3)c2Br)c1=O. The summed E-state index contributed by atoms with van der Waals surface area (Å²) in [6.45, 7) is 2.57. The van der Waals surface area contributed by atoms with Gasteiger partial charge in [-0.15, -0.1) is 0 Å². The minimum Gasteiger partial charge on any atom is -0.489 e. The van der Waals surface area contributed by atoms with Crippen LogP contribution in [0.25, 0.3) is 0 Å². The predicted molar refractivity (Wildman–Crippen MR) is 103 cm³/mol. The Morgan fingerprint density at radius 1 is 1.31 bits per heavy atom. The highest BCUT2D eigenvalue weighted by Gasteiger charge is 2.24. The van der Waals surface area contributed by atoms with Crippen molar-refractivity contribution < 1.29 is 14.3 Å². The molecule has 1 aromatic heterocycles. The van der Waals surface area contributed by atoms with E-state index in [9.17, 15) is 14.4 Å². The molecule has 0 bridgehead atoms. The first-order chi connectivity index (χ1) is 12.4. The van der Waals surface area contributed by atoms with Crippen LogP contribution in [-0.2, 0) is 11.3 Å². The van der Waals surface area contributed by atoms with Crippen LogP contribution in [0, 0.1) is 0 Å². The molecule has 1 saturated heterocycles. The number of carbonyl (C=O) groups is 2. The van der Waals surface area contributed by atoms with Gasteiger partial charge in [-0.2, -0.15) is 0 Å². The molecule has 3 rings (SSSR count). The molecule has 2 heterocycles. The number of ether oxygens (including phenoxy) is 1. The lowest BCUT2D eigenvalue weighted by Crippen LogP contribution is -2.31. The van der Waals surface area contributed by atoms with Crippen LogP contribution in [0.2, 0.25) is 0 Å². The van der Waals surface area contributed by atoms with Gasteiger partial charge in [0.25, 0.3) is 5.56 Å². The second kappa shape index (κ2) is 7.79. The minimum atomic E-state index is -0.392. The molecule has 1 aliphatic heterocycles. The van der Waals surface area contributed by atoms with Crippen LogP contribution in [0.1, 0.15) is 35.7 Å². The van der Waals surface area contributed by atoms with Gasteiger partial charge in [-0.05, 0) is 57.3 Å². The largest absolute Gasteiger partial charge is 0.489 e. The number of H-pyrrole nitrogens is 1. The molecule has 0 saturated carbocycles. The first-order valence-electron chi connectivity index (χ1n) is 8.15. The molecule has 2 N–H and O–H groups in total. The van der Waals surface area contributed by atoms with E-state index in [1.54, 1.807) is 12.1 Å². The van der Waals surface area contributed by atoms with E-state index in [2.05, 4.69) is 42.3 Å². The van der Waals surface area contributed by atoms with Crippen molar-refractivity contribution in [1.29, 1.82) is 0 Å². The van der Waals surface area contributed by atoms with Crippen LogP contribution < -0.4 is 15.6 Å². The fraction of sp³-hybridized carbons (Fsp3) is 0.353. The summed E-state index contributed by atoms with van der Waals surface area (Å²) >= 11 is 6.83. The number of hydrogen-bond donors (Lipinski definition) is 2. The number of nitrogens with zero attached hydrogens (tertiary/aromatic N) is 1. The number of halogens is 2. The van der Waals surface area contributed by atoms with E-state index in [4.69, 9.17) is 4.74 Å². The summed E-state index contributed by atoms with van der Waals surface area (Å²) in [5, 5.41) is 5.61. The molecule has 0 unspecified atom stereocenters. The lowest BCUT2D eigenvalue weighted by atomic mass is 10.1. The predicted octanol–water partition coefficient (Wildman–Crippen LogP) is 2.61. The Hall–Kier alpha value is -1.87. The Morgan fingerprint density at radius 2 is 2.08 bits per heavy atom. The fourth-order valence-electron chi connectivity index (χ4n) is 2.78. The lowest BCUT2D eigenvalue weighted by Gasteiger charge is -2.16. The number of nitrogens with one attached hydrogen (secondary N) is 2. The quantitative estimate of drug-likeness (QED) is 0.614. The monoisotopic (exact) mass is 485 g/mol.